The third kappa shape index (κ3) is 2.87. The number of H-pyrrole nitrogens is 1. The summed E-state index contributed by atoms with van der Waals surface area (Å²) >= 11 is 1.62. The molecule has 0 saturated heterocycles. The molecule has 0 fully saturated rings. The zero-order valence-electron chi connectivity index (χ0n) is 10.7. The van der Waals surface area contributed by atoms with Gasteiger partial charge in [-0.1, -0.05) is 48.2 Å². The lowest BCUT2D eigenvalue weighted by Gasteiger charge is -2.02. The van der Waals surface area contributed by atoms with Crippen molar-refractivity contribution in [1.82, 2.24) is 9.97 Å². The normalized spacial score (nSPS) is 10.9. The molecule has 1 heterocycles. The van der Waals surface area contributed by atoms with E-state index in [4.69, 9.17) is 10.0 Å². The molecule has 20 heavy (non-hydrogen) atoms. The summed E-state index contributed by atoms with van der Waals surface area (Å²) in [5, 5.41) is 19.0. The van der Waals surface area contributed by atoms with Gasteiger partial charge in [0.1, 0.15) is 0 Å². The number of aromatic amines is 1. The number of imidazole rings is 1. The van der Waals surface area contributed by atoms with Crippen LogP contribution in [-0.2, 0) is 5.75 Å². The van der Waals surface area contributed by atoms with Crippen LogP contribution in [0.4, 0.5) is 0 Å². The van der Waals surface area contributed by atoms with Crippen molar-refractivity contribution in [3.8, 4) is 0 Å². The molecule has 4 nitrogen and oxygen atoms in total. The number of benzene rings is 2. The van der Waals surface area contributed by atoms with Gasteiger partial charge in [0.15, 0.2) is 5.16 Å². The van der Waals surface area contributed by atoms with Crippen molar-refractivity contribution in [2.45, 2.75) is 10.9 Å². The van der Waals surface area contributed by atoms with E-state index in [0.717, 1.165) is 27.5 Å². The van der Waals surface area contributed by atoms with Gasteiger partial charge in [-0.15, -0.1) is 0 Å². The molecule has 2 aromatic carbocycles. The molecule has 0 saturated carbocycles. The molecule has 0 unspecified atom stereocenters. The van der Waals surface area contributed by atoms with Gasteiger partial charge in [0.05, 0.1) is 11.0 Å². The van der Waals surface area contributed by atoms with Crippen LogP contribution in [-0.4, -0.2) is 27.1 Å². The monoisotopic (exact) mass is 284 g/mol. The van der Waals surface area contributed by atoms with E-state index in [2.05, 4.69) is 9.97 Å². The second-order valence-corrected chi connectivity index (χ2v) is 5.43. The van der Waals surface area contributed by atoms with Crippen LogP contribution in [0.3, 0.4) is 0 Å². The van der Waals surface area contributed by atoms with Crippen LogP contribution in [0.1, 0.15) is 5.56 Å². The standard InChI is InChI=1S/C14H13BN2O2S/c18-15(19)11-7-5-10(6-8-11)9-20-14-16-12-3-1-2-4-13(12)17-14/h1-8,18-19H,9H2,(H,16,17). The van der Waals surface area contributed by atoms with Crippen LogP contribution >= 0.6 is 11.8 Å². The number of thioether (sulfide) groups is 1. The minimum absolute atomic E-state index is 0.502. The quantitative estimate of drug-likeness (QED) is 0.502. The van der Waals surface area contributed by atoms with E-state index in [0.29, 0.717) is 5.46 Å². The van der Waals surface area contributed by atoms with Crippen LogP contribution in [0.2, 0.25) is 0 Å². The number of fused-ring (bicyclic) bond motifs is 1. The van der Waals surface area contributed by atoms with Gasteiger partial charge in [0, 0.05) is 5.75 Å². The van der Waals surface area contributed by atoms with Gasteiger partial charge in [0.2, 0.25) is 0 Å². The zero-order chi connectivity index (χ0) is 13.9. The molecule has 3 N–H and O–H groups in total. The zero-order valence-corrected chi connectivity index (χ0v) is 11.5. The van der Waals surface area contributed by atoms with Gasteiger partial charge >= 0.3 is 7.12 Å². The maximum Gasteiger partial charge on any atom is 0.488 e. The molecule has 100 valence electrons. The van der Waals surface area contributed by atoms with Crippen LogP contribution in [0.5, 0.6) is 0 Å². The lowest BCUT2D eigenvalue weighted by molar-refractivity contribution is 0.426. The molecule has 0 spiro atoms. The molecule has 6 heteroatoms. The lowest BCUT2D eigenvalue weighted by Crippen LogP contribution is -2.29. The Balaban J connectivity index is 1.69. The second-order valence-electron chi connectivity index (χ2n) is 4.46. The summed E-state index contributed by atoms with van der Waals surface area (Å²) in [5.74, 6) is 0.779. The number of aromatic nitrogens is 2. The number of nitrogens with one attached hydrogen (secondary N) is 1. The van der Waals surface area contributed by atoms with Crippen molar-refractivity contribution in [3.63, 3.8) is 0 Å². The van der Waals surface area contributed by atoms with Crippen molar-refractivity contribution in [1.29, 1.82) is 0 Å². The molecule has 3 aromatic rings. The van der Waals surface area contributed by atoms with Crippen molar-refractivity contribution in [2.24, 2.45) is 0 Å². The molecule has 3 rings (SSSR count). The Bertz CT molecular complexity index is 680. The van der Waals surface area contributed by atoms with E-state index in [9.17, 15) is 0 Å². The van der Waals surface area contributed by atoms with E-state index in [1.165, 1.54) is 0 Å². The topological polar surface area (TPSA) is 69.1 Å². The first-order valence-corrected chi connectivity index (χ1v) is 7.23. The van der Waals surface area contributed by atoms with Crippen molar-refractivity contribution >= 4 is 35.4 Å². The molecule has 0 amide bonds. The fraction of sp³-hybridized carbons (Fsp3) is 0.0714. The minimum atomic E-state index is -1.41. The molecular weight excluding hydrogens is 271 g/mol. The largest absolute Gasteiger partial charge is 0.488 e. The highest BCUT2D eigenvalue weighted by atomic mass is 32.2. The number of hydrogen-bond acceptors (Lipinski definition) is 4. The van der Waals surface area contributed by atoms with Crippen LogP contribution in [0.15, 0.2) is 53.7 Å². The molecular formula is C14H13BN2O2S. The first kappa shape index (κ1) is 13.2. The summed E-state index contributed by atoms with van der Waals surface area (Å²) in [6, 6.07) is 15.2. The maximum absolute atomic E-state index is 9.04. The van der Waals surface area contributed by atoms with Gasteiger partial charge in [-0.25, -0.2) is 4.98 Å². The summed E-state index contributed by atoms with van der Waals surface area (Å²) in [6.45, 7) is 0. The van der Waals surface area contributed by atoms with E-state index >= 15 is 0 Å². The number of hydrogen-bond donors (Lipinski definition) is 3. The highest BCUT2D eigenvalue weighted by Gasteiger charge is 2.10. The first-order valence-electron chi connectivity index (χ1n) is 6.25. The van der Waals surface area contributed by atoms with Gasteiger partial charge in [0.25, 0.3) is 0 Å². The summed E-state index contributed by atoms with van der Waals surface area (Å²) in [5.41, 5.74) is 3.62. The molecule has 0 aliphatic heterocycles. The van der Waals surface area contributed by atoms with Crippen molar-refractivity contribution in [2.75, 3.05) is 0 Å². The van der Waals surface area contributed by atoms with Crippen LogP contribution < -0.4 is 5.46 Å². The third-order valence-corrected chi connectivity index (χ3v) is 3.97. The van der Waals surface area contributed by atoms with Gasteiger partial charge < -0.3 is 15.0 Å². The number of nitrogens with zero attached hydrogens (tertiary/aromatic N) is 1. The first-order chi connectivity index (χ1) is 9.72. The van der Waals surface area contributed by atoms with E-state index in [-0.39, 0.29) is 0 Å². The fourth-order valence-corrected chi connectivity index (χ4v) is 2.78. The summed E-state index contributed by atoms with van der Waals surface area (Å²) in [4.78, 5) is 7.77. The Labute approximate surface area is 121 Å². The Hall–Kier alpha value is -1.76. The van der Waals surface area contributed by atoms with Crippen molar-refractivity contribution < 1.29 is 10.0 Å². The number of para-hydroxylation sites is 2. The van der Waals surface area contributed by atoms with Crippen LogP contribution in [0, 0.1) is 0 Å². The second kappa shape index (κ2) is 5.70. The lowest BCUT2D eigenvalue weighted by atomic mass is 9.80. The third-order valence-electron chi connectivity index (χ3n) is 3.02. The smallest absolute Gasteiger partial charge is 0.423 e. The Morgan fingerprint density at radius 2 is 1.80 bits per heavy atom. The molecule has 0 aliphatic carbocycles. The summed E-state index contributed by atoms with van der Waals surface area (Å²) in [7, 11) is -1.41. The van der Waals surface area contributed by atoms with E-state index < -0.39 is 7.12 Å². The Morgan fingerprint density at radius 3 is 2.50 bits per heavy atom. The number of rotatable bonds is 4. The molecule has 1 aromatic heterocycles. The van der Waals surface area contributed by atoms with E-state index in [1.807, 2.05) is 36.4 Å². The van der Waals surface area contributed by atoms with Crippen molar-refractivity contribution in [3.05, 3.63) is 54.1 Å². The molecule has 0 atom stereocenters. The SMILES string of the molecule is OB(O)c1ccc(CSc2nc3ccccc3[nH]2)cc1. The predicted molar refractivity (Wildman–Crippen MR) is 81.9 cm³/mol. The van der Waals surface area contributed by atoms with E-state index in [1.54, 1.807) is 23.9 Å². The molecule has 0 aliphatic rings. The average molecular weight is 284 g/mol. The predicted octanol–water partition coefficient (Wildman–Crippen LogP) is 1.53. The Kier molecular flexibility index (Phi) is 3.78. The minimum Gasteiger partial charge on any atom is -0.423 e. The molecule has 0 radical (unpaired) electrons. The average Bonchev–Trinajstić information content (AvgIpc) is 2.88. The highest BCUT2D eigenvalue weighted by molar-refractivity contribution is 7.98. The molecule has 0 bridgehead atoms. The maximum atomic E-state index is 9.04. The fourth-order valence-electron chi connectivity index (χ4n) is 1.94. The Morgan fingerprint density at radius 1 is 1.05 bits per heavy atom. The van der Waals surface area contributed by atoms with Gasteiger partial charge in [-0.05, 0) is 23.2 Å². The van der Waals surface area contributed by atoms with Gasteiger partial charge in [-0.3, -0.25) is 0 Å². The highest BCUT2D eigenvalue weighted by Crippen LogP contribution is 2.22. The summed E-state index contributed by atoms with van der Waals surface area (Å²) < 4.78 is 0. The summed E-state index contributed by atoms with van der Waals surface area (Å²) in [6.07, 6.45) is 0. The van der Waals surface area contributed by atoms with Gasteiger partial charge in [-0.2, -0.15) is 0 Å². The van der Waals surface area contributed by atoms with Crippen LogP contribution in [0.25, 0.3) is 11.0 Å².